The molecule has 3 aromatic rings. The van der Waals surface area contributed by atoms with Gasteiger partial charge < -0.3 is 4.98 Å². The molecule has 94 valence electrons. The van der Waals surface area contributed by atoms with Crippen molar-refractivity contribution in [1.29, 1.82) is 0 Å². The smallest absolute Gasteiger partial charge is 0.249 e. The number of aromatic nitrogens is 1. The van der Waals surface area contributed by atoms with E-state index in [9.17, 15) is 9.18 Å². The van der Waals surface area contributed by atoms with E-state index in [1.807, 2.05) is 30.3 Å². The van der Waals surface area contributed by atoms with E-state index in [0.29, 0.717) is 16.0 Å². The largest absolute Gasteiger partial charge is 0.319 e. The van der Waals surface area contributed by atoms with E-state index in [0.717, 1.165) is 5.56 Å². The summed E-state index contributed by atoms with van der Waals surface area (Å²) in [5.41, 5.74) is 1.35. The lowest BCUT2D eigenvalue weighted by molar-refractivity contribution is 0.636. The Morgan fingerprint density at radius 3 is 2.53 bits per heavy atom. The van der Waals surface area contributed by atoms with E-state index >= 15 is 0 Å². The molecule has 1 aromatic heterocycles. The van der Waals surface area contributed by atoms with Gasteiger partial charge in [0.1, 0.15) is 5.82 Å². The van der Waals surface area contributed by atoms with Crippen molar-refractivity contribution >= 4 is 22.5 Å². The monoisotopic (exact) mass is 273 g/mol. The maximum Gasteiger partial charge on any atom is 0.249 e. The summed E-state index contributed by atoms with van der Waals surface area (Å²) in [5.74, 6) is -0.530. The summed E-state index contributed by atoms with van der Waals surface area (Å²) < 4.78 is 13.9. The number of nitrogens with one attached hydrogen (secondary N) is 1. The number of pyridine rings is 1. The normalized spacial score (nSPS) is 10.8. The molecular weight excluding hydrogens is 265 g/mol. The van der Waals surface area contributed by atoms with E-state index in [1.54, 1.807) is 6.07 Å². The highest BCUT2D eigenvalue weighted by atomic mass is 35.5. The number of fused-ring (bicyclic) bond motifs is 1. The first-order chi connectivity index (χ1) is 9.15. The summed E-state index contributed by atoms with van der Waals surface area (Å²) in [6.07, 6.45) is 0. The molecule has 0 atom stereocenters. The quantitative estimate of drug-likeness (QED) is 0.714. The average Bonchev–Trinajstić information content (AvgIpc) is 2.40. The first-order valence-corrected chi connectivity index (χ1v) is 6.10. The lowest BCUT2D eigenvalue weighted by atomic mass is 10.0. The molecular formula is C15H9ClFNO. The van der Waals surface area contributed by atoms with Gasteiger partial charge in [0.2, 0.25) is 5.56 Å². The predicted octanol–water partition coefficient (Wildman–Crippen LogP) is 3.99. The third kappa shape index (κ3) is 2.13. The molecule has 2 aromatic carbocycles. The predicted molar refractivity (Wildman–Crippen MR) is 75.0 cm³/mol. The molecule has 0 aliphatic carbocycles. The highest BCUT2D eigenvalue weighted by Crippen LogP contribution is 2.29. The van der Waals surface area contributed by atoms with Gasteiger partial charge in [0.15, 0.2) is 0 Å². The zero-order chi connectivity index (χ0) is 13.4. The van der Waals surface area contributed by atoms with Crippen molar-refractivity contribution in [2.45, 2.75) is 0 Å². The Bertz CT molecular complexity index is 811. The highest BCUT2D eigenvalue weighted by molar-refractivity contribution is 6.31. The van der Waals surface area contributed by atoms with Crippen molar-refractivity contribution in [3.05, 3.63) is 69.7 Å². The van der Waals surface area contributed by atoms with Gasteiger partial charge in [-0.15, -0.1) is 0 Å². The molecule has 0 aliphatic rings. The van der Waals surface area contributed by atoms with Crippen LogP contribution in [0.5, 0.6) is 0 Å². The Morgan fingerprint density at radius 1 is 1.05 bits per heavy atom. The Balaban J connectivity index is 2.45. The molecule has 3 rings (SSSR count). The van der Waals surface area contributed by atoms with Crippen LogP contribution in [0, 0.1) is 5.82 Å². The minimum Gasteiger partial charge on any atom is -0.319 e. The summed E-state index contributed by atoms with van der Waals surface area (Å²) in [7, 11) is 0. The lowest BCUT2D eigenvalue weighted by Gasteiger charge is -2.07. The molecule has 0 saturated heterocycles. The Labute approximate surface area is 113 Å². The van der Waals surface area contributed by atoms with E-state index in [1.165, 1.54) is 12.1 Å². The summed E-state index contributed by atoms with van der Waals surface area (Å²) in [6, 6.07) is 13.6. The summed E-state index contributed by atoms with van der Waals surface area (Å²) in [4.78, 5) is 14.2. The zero-order valence-electron chi connectivity index (χ0n) is 9.78. The Morgan fingerprint density at radius 2 is 1.79 bits per heavy atom. The van der Waals surface area contributed by atoms with Crippen molar-refractivity contribution < 1.29 is 4.39 Å². The van der Waals surface area contributed by atoms with Crippen LogP contribution in [0.2, 0.25) is 5.02 Å². The van der Waals surface area contributed by atoms with Crippen molar-refractivity contribution in [3.8, 4) is 11.1 Å². The number of H-pyrrole nitrogens is 1. The van der Waals surface area contributed by atoms with E-state index < -0.39 is 5.82 Å². The third-order valence-corrected chi connectivity index (χ3v) is 3.17. The molecule has 0 bridgehead atoms. The molecule has 0 radical (unpaired) electrons. The molecule has 2 nitrogen and oxygen atoms in total. The third-order valence-electron chi connectivity index (χ3n) is 2.95. The van der Waals surface area contributed by atoms with E-state index in [2.05, 4.69) is 4.98 Å². The fourth-order valence-electron chi connectivity index (χ4n) is 2.14. The molecule has 1 N–H and O–H groups in total. The van der Waals surface area contributed by atoms with Crippen LogP contribution in [-0.2, 0) is 0 Å². The highest BCUT2D eigenvalue weighted by Gasteiger charge is 2.10. The van der Waals surface area contributed by atoms with Crippen LogP contribution >= 0.6 is 11.6 Å². The first-order valence-electron chi connectivity index (χ1n) is 5.72. The standard InChI is InChI=1S/C15H9ClFNO/c16-10-6-12-11(9-4-2-1-3-5-9)8-14(19)18-15(12)13(17)7-10/h1-8H,(H,18,19). The summed E-state index contributed by atoms with van der Waals surface area (Å²) >= 11 is 5.89. The van der Waals surface area contributed by atoms with Gasteiger partial charge >= 0.3 is 0 Å². The minimum atomic E-state index is -0.530. The maximum absolute atomic E-state index is 13.9. The van der Waals surface area contributed by atoms with E-state index in [4.69, 9.17) is 11.6 Å². The second kappa shape index (κ2) is 4.52. The van der Waals surface area contributed by atoms with Gasteiger partial charge in [-0.3, -0.25) is 4.79 Å². The summed E-state index contributed by atoms with van der Waals surface area (Å²) in [6.45, 7) is 0. The summed E-state index contributed by atoms with van der Waals surface area (Å²) in [5, 5.41) is 0.894. The van der Waals surface area contributed by atoms with Crippen LogP contribution in [0.1, 0.15) is 0 Å². The van der Waals surface area contributed by atoms with Crippen molar-refractivity contribution in [1.82, 2.24) is 4.98 Å². The Kier molecular flexibility index (Phi) is 2.84. The molecule has 1 heterocycles. The first kappa shape index (κ1) is 11.9. The molecule has 0 saturated carbocycles. The molecule has 0 unspecified atom stereocenters. The van der Waals surface area contributed by atoms with Gasteiger partial charge in [0.05, 0.1) is 5.52 Å². The van der Waals surface area contributed by atoms with Gasteiger partial charge in [-0.25, -0.2) is 4.39 Å². The van der Waals surface area contributed by atoms with Crippen molar-refractivity contribution in [2.24, 2.45) is 0 Å². The fraction of sp³-hybridized carbons (Fsp3) is 0. The number of benzene rings is 2. The number of hydrogen-bond acceptors (Lipinski definition) is 1. The van der Waals surface area contributed by atoms with Crippen LogP contribution in [0.4, 0.5) is 4.39 Å². The van der Waals surface area contributed by atoms with Gasteiger partial charge in [-0.05, 0) is 23.3 Å². The molecule has 0 fully saturated rings. The number of rotatable bonds is 1. The van der Waals surface area contributed by atoms with Crippen molar-refractivity contribution in [2.75, 3.05) is 0 Å². The number of halogens is 2. The molecule has 4 heteroatoms. The second-order valence-electron chi connectivity index (χ2n) is 4.22. The number of hydrogen-bond donors (Lipinski definition) is 1. The van der Waals surface area contributed by atoms with Gasteiger partial charge in [-0.2, -0.15) is 0 Å². The van der Waals surface area contributed by atoms with Gasteiger partial charge in [-0.1, -0.05) is 41.9 Å². The van der Waals surface area contributed by atoms with Crippen LogP contribution in [-0.4, -0.2) is 4.98 Å². The zero-order valence-corrected chi connectivity index (χ0v) is 10.5. The number of aromatic amines is 1. The lowest BCUT2D eigenvalue weighted by Crippen LogP contribution is -2.06. The fourth-order valence-corrected chi connectivity index (χ4v) is 2.34. The van der Waals surface area contributed by atoms with Crippen LogP contribution < -0.4 is 5.56 Å². The van der Waals surface area contributed by atoms with Gasteiger partial charge in [0.25, 0.3) is 0 Å². The van der Waals surface area contributed by atoms with Crippen LogP contribution in [0.15, 0.2) is 53.3 Å². The Hall–Kier alpha value is -2.13. The van der Waals surface area contributed by atoms with Crippen LogP contribution in [0.3, 0.4) is 0 Å². The molecule has 0 amide bonds. The van der Waals surface area contributed by atoms with Crippen LogP contribution in [0.25, 0.3) is 22.0 Å². The topological polar surface area (TPSA) is 32.9 Å². The SMILES string of the molecule is O=c1cc(-c2ccccc2)c2cc(Cl)cc(F)c2[nH]1. The van der Waals surface area contributed by atoms with Gasteiger partial charge in [0, 0.05) is 16.5 Å². The molecule has 0 spiro atoms. The maximum atomic E-state index is 13.9. The average molecular weight is 274 g/mol. The molecule has 19 heavy (non-hydrogen) atoms. The van der Waals surface area contributed by atoms with E-state index in [-0.39, 0.29) is 11.1 Å². The molecule has 0 aliphatic heterocycles. The minimum absolute atomic E-state index is 0.177. The second-order valence-corrected chi connectivity index (χ2v) is 4.66. The van der Waals surface area contributed by atoms with Crippen molar-refractivity contribution in [3.63, 3.8) is 0 Å².